The lowest BCUT2D eigenvalue weighted by Gasteiger charge is -2.24. The van der Waals surface area contributed by atoms with E-state index < -0.39 is 35.7 Å². The van der Waals surface area contributed by atoms with Crippen molar-refractivity contribution >= 4 is 39.8 Å². The molecule has 2 heterocycles. The predicted octanol–water partition coefficient (Wildman–Crippen LogP) is 3.90. The van der Waals surface area contributed by atoms with Gasteiger partial charge in [-0.25, -0.2) is 9.59 Å². The van der Waals surface area contributed by atoms with Gasteiger partial charge >= 0.3 is 12.1 Å². The van der Waals surface area contributed by atoms with E-state index in [0.717, 1.165) is 32.9 Å². The van der Waals surface area contributed by atoms with E-state index >= 15 is 0 Å². The molecule has 9 nitrogen and oxygen atoms in total. The second kappa shape index (κ2) is 10.2. The number of alkyl carbamates (subject to hydrolysis) is 1. The highest BCUT2D eigenvalue weighted by Crippen LogP contribution is 2.21. The number of amides is 2. The molecule has 0 spiro atoms. The van der Waals surface area contributed by atoms with E-state index in [1.54, 1.807) is 33.2 Å². The van der Waals surface area contributed by atoms with Crippen LogP contribution in [0.1, 0.15) is 31.9 Å². The molecular formula is C27H30N4O5. The number of carbonyl (C=O) groups is 3. The molecule has 0 aliphatic carbocycles. The highest BCUT2D eigenvalue weighted by atomic mass is 16.6. The Balaban J connectivity index is 1.56. The smallest absolute Gasteiger partial charge is 0.408 e. The molecule has 2 aromatic carbocycles. The Bertz CT molecular complexity index is 1400. The summed E-state index contributed by atoms with van der Waals surface area (Å²) in [7, 11) is 0. The Kier molecular flexibility index (Phi) is 7.00. The van der Waals surface area contributed by atoms with Gasteiger partial charge in [0.15, 0.2) is 0 Å². The third-order valence-electron chi connectivity index (χ3n) is 5.82. The molecule has 188 valence electrons. The van der Waals surface area contributed by atoms with E-state index in [4.69, 9.17) is 4.74 Å². The summed E-state index contributed by atoms with van der Waals surface area (Å²) in [5.74, 6) is -1.78. The first-order valence-electron chi connectivity index (χ1n) is 11.7. The van der Waals surface area contributed by atoms with Crippen LogP contribution in [0.4, 0.5) is 4.79 Å². The SMILES string of the molecule is CC(C)(C)OC(=O)NC(Cc1c[nH]c2ccccc12)C(=O)NC(Cc1c[nH]c2ccccc12)C(=O)O. The number of carbonyl (C=O) groups excluding carboxylic acids is 2. The van der Waals surface area contributed by atoms with E-state index in [0.29, 0.717) is 0 Å². The molecule has 36 heavy (non-hydrogen) atoms. The first-order chi connectivity index (χ1) is 17.1. The molecule has 5 N–H and O–H groups in total. The van der Waals surface area contributed by atoms with Crippen LogP contribution >= 0.6 is 0 Å². The number of H-pyrrole nitrogens is 2. The zero-order valence-electron chi connectivity index (χ0n) is 20.4. The number of nitrogens with one attached hydrogen (secondary N) is 4. The average molecular weight is 491 g/mol. The molecule has 2 amide bonds. The van der Waals surface area contributed by atoms with Gasteiger partial charge in [0, 0.05) is 47.0 Å². The molecule has 4 rings (SSSR count). The molecule has 4 aromatic rings. The Morgan fingerprint density at radius 2 is 1.33 bits per heavy atom. The van der Waals surface area contributed by atoms with Gasteiger partial charge in [0.25, 0.3) is 0 Å². The third-order valence-corrected chi connectivity index (χ3v) is 5.82. The van der Waals surface area contributed by atoms with Gasteiger partial charge in [0.05, 0.1) is 0 Å². The predicted molar refractivity (Wildman–Crippen MR) is 137 cm³/mol. The fourth-order valence-corrected chi connectivity index (χ4v) is 4.17. The number of aliphatic carboxylic acids is 1. The molecule has 2 aromatic heterocycles. The van der Waals surface area contributed by atoms with Crippen LogP contribution in [0.3, 0.4) is 0 Å². The van der Waals surface area contributed by atoms with Gasteiger partial charge in [-0.05, 0) is 44.0 Å². The summed E-state index contributed by atoms with van der Waals surface area (Å²) >= 11 is 0. The molecule has 0 aliphatic heterocycles. The maximum absolute atomic E-state index is 13.4. The number of benzene rings is 2. The molecular weight excluding hydrogens is 460 g/mol. The lowest BCUT2D eigenvalue weighted by molar-refractivity contribution is -0.142. The number of carboxylic acids is 1. The molecule has 0 saturated carbocycles. The third kappa shape index (κ3) is 5.86. The maximum atomic E-state index is 13.4. The van der Waals surface area contributed by atoms with Crippen molar-refractivity contribution in [2.24, 2.45) is 0 Å². The standard InChI is InChI=1S/C27H30N4O5/c1-27(2,3)36-26(35)31-22(12-16-14-28-20-10-6-4-8-18(16)20)24(32)30-23(25(33)34)13-17-15-29-21-11-7-5-9-19(17)21/h4-11,14-15,22-23,28-29H,12-13H2,1-3H3,(H,30,32)(H,31,35)(H,33,34). The van der Waals surface area contributed by atoms with Crippen LogP contribution in [-0.4, -0.2) is 50.7 Å². The number of ether oxygens (including phenoxy) is 1. The van der Waals surface area contributed by atoms with Gasteiger partial charge in [0.1, 0.15) is 17.7 Å². The van der Waals surface area contributed by atoms with E-state index in [1.807, 2.05) is 48.5 Å². The molecule has 0 radical (unpaired) electrons. The van der Waals surface area contributed by atoms with Crippen LogP contribution in [0, 0.1) is 0 Å². The average Bonchev–Trinajstić information content (AvgIpc) is 3.41. The van der Waals surface area contributed by atoms with Crippen molar-refractivity contribution < 1.29 is 24.2 Å². The van der Waals surface area contributed by atoms with Gasteiger partial charge in [-0.2, -0.15) is 0 Å². The first-order valence-corrected chi connectivity index (χ1v) is 11.7. The summed E-state index contributed by atoms with van der Waals surface area (Å²) in [6.45, 7) is 5.18. The highest BCUT2D eigenvalue weighted by molar-refractivity contribution is 5.91. The molecule has 0 saturated heterocycles. The van der Waals surface area contributed by atoms with Crippen molar-refractivity contribution in [1.29, 1.82) is 0 Å². The Morgan fingerprint density at radius 3 is 1.83 bits per heavy atom. The van der Waals surface area contributed by atoms with E-state index in [-0.39, 0.29) is 12.8 Å². The van der Waals surface area contributed by atoms with Crippen molar-refractivity contribution in [1.82, 2.24) is 20.6 Å². The van der Waals surface area contributed by atoms with Crippen LogP contribution in [0.25, 0.3) is 21.8 Å². The van der Waals surface area contributed by atoms with E-state index in [2.05, 4.69) is 20.6 Å². The molecule has 9 heteroatoms. The van der Waals surface area contributed by atoms with Crippen LogP contribution in [0.15, 0.2) is 60.9 Å². The summed E-state index contributed by atoms with van der Waals surface area (Å²) in [4.78, 5) is 44.3. The second-order valence-corrected chi connectivity index (χ2v) is 9.73. The highest BCUT2D eigenvalue weighted by Gasteiger charge is 2.29. The largest absolute Gasteiger partial charge is 0.480 e. The quantitative estimate of drug-likeness (QED) is 0.255. The van der Waals surface area contributed by atoms with Gasteiger partial charge < -0.3 is 30.4 Å². The van der Waals surface area contributed by atoms with Crippen molar-refractivity contribution in [2.75, 3.05) is 0 Å². The Labute approximate surface area is 208 Å². The van der Waals surface area contributed by atoms with E-state index in [9.17, 15) is 19.5 Å². The minimum absolute atomic E-state index is 0.0807. The zero-order chi connectivity index (χ0) is 25.9. The molecule has 2 atom stereocenters. The molecule has 2 unspecified atom stereocenters. The molecule has 0 aliphatic rings. The number of aromatic amines is 2. The van der Waals surface area contributed by atoms with Gasteiger partial charge in [-0.1, -0.05) is 36.4 Å². The number of aromatic nitrogens is 2. The zero-order valence-corrected chi connectivity index (χ0v) is 20.4. The number of para-hydroxylation sites is 2. The summed E-state index contributed by atoms with van der Waals surface area (Å²) < 4.78 is 5.35. The fraction of sp³-hybridized carbons (Fsp3) is 0.296. The normalized spacial score (nSPS) is 13.3. The second-order valence-electron chi connectivity index (χ2n) is 9.73. The van der Waals surface area contributed by atoms with Crippen LogP contribution in [0.5, 0.6) is 0 Å². The minimum Gasteiger partial charge on any atom is -0.480 e. The summed E-state index contributed by atoms with van der Waals surface area (Å²) in [5, 5.41) is 16.9. The fourth-order valence-electron chi connectivity index (χ4n) is 4.17. The monoisotopic (exact) mass is 490 g/mol. The Morgan fingerprint density at radius 1 is 0.833 bits per heavy atom. The van der Waals surface area contributed by atoms with Crippen molar-refractivity contribution in [3.05, 3.63) is 72.1 Å². The summed E-state index contributed by atoms with van der Waals surface area (Å²) in [6.07, 6.45) is 2.99. The van der Waals surface area contributed by atoms with Crippen molar-refractivity contribution in [2.45, 2.75) is 51.3 Å². The number of fused-ring (bicyclic) bond motifs is 2. The number of hydrogen-bond donors (Lipinski definition) is 5. The molecule has 0 bridgehead atoms. The van der Waals surface area contributed by atoms with E-state index in [1.165, 1.54) is 0 Å². The maximum Gasteiger partial charge on any atom is 0.408 e. The number of rotatable bonds is 8. The first kappa shape index (κ1) is 24.8. The van der Waals surface area contributed by atoms with Crippen molar-refractivity contribution in [3.63, 3.8) is 0 Å². The van der Waals surface area contributed by atoms with Crippen LogP contribution in [-0.2, 0) is 27.2 Å². The number of carboxylic acid groups (broad SMARTS) is 1. The van der Waals surface area contributed by atoms with Crippen LogP contribution in [0.2, 0.25) is 0 Å². The summed E-state index contributed by atoms with van der Waals surface area (Å²) in [5.41, 5.74) is 2.60. The number of hydrogen-bond acceptors (Lipinski definition) is 4. The lowest BCUT2D eigenvalue weighted by Crippen LogP contribution is -2.53. The molecule has 0 fully saturated rings. The minimum atomic E-state index is -1.19. The lowest BCUT2D eigenvalue weighted by atomic mass is 10.0. The van der Waals surface area contributed by atoms with Crippen molar-refractivity contribution in [3.8, 4) is 0 Å². The summed E-state index contributed by atoms with van der Waals surface area (Å²) in [6, 6.07) is 12.9. The Hall–Kier alpha value is -4.27. The van der Waals surface area contributed by atoms with Crippen LogP contribution < -0.4 is 10.6 Å². The topological polar surface area (TPSA) is 136 Å². The van der Waals surface area contributed by atoms with Gasteiger partial charge in [-0.3, -0.25) is 4.79 Å². The van der Waals surface area contributed by atoms with Gasteiger partial charge in [0.2, 0.25) is 5.91 Å². The van der Waals surface area contributed by atoms with Gasteiger partial charge in [-0.15, -0.1) is 0 Å².